The summed E-state index contributed by atoms with van der Waals surface area (Å²) in [5, 5.41) is 12.5. The first-order chi connectivity index (χ1) is 13.2. The van der Waals surface area contributed by atoms with E-state index in [0.717, 1.165) is 54.2 Å². The molecule has 0 saturated carbocycles. The zero-order valence-electron chi connectivity index (χ0n) is 14.7. The van der Waals surface area contributed by atoms with Crippen molar-refractivity contribution in [1.29, 1.82) is 0 Å². The Morgan fingerprint density at radius 2 is 1.63 bits per heavy atom. The molecule has 0 N–H and O–H groups in total. The van der Waals surface area contributed by atoms with Crippen LogP contribution in [0, 0.1) is 11.8 Å². The Morgan fingerprint density at radius 1 is 0.889 bits per heavy atom. The van der Waals surface area contributed by atoms with Gasteiger partial charge >= 0.3 is 0 Å². The molecule has 2 fully saturated rings. The Kier molecular flexibility index (Phi) is 4.43. The molecule has 3 heterocycles. The van der Waals surface area contributed by atoms with E-state index in [-0.39, 0.29) is 0 Å². The van der Waals surface area contributed by atoms with E-state index in [1.165, 1.54) is 6.42 Å². The van der Waals surface area contributed by atoms with Crippen molar-refractivity contribution in [2.24, 2.45) is 11.8 Å². The Labute approximate surface area is 168 Å². The van der Waals surface area contributed by atoms with Crippen LogP contribution in [0.5, 0.6) is 0 Å². The van der Waals surface area contributed by atoms with Crippen molar-refractivity contribution in [2.75, 3.05) is 31.2 Å². The summed E-state index contributed by atoms with van der Waals surface area (Å²) in [4.78, 5) is 2.38. The third-order valence-corrected chi connectivity index (χ3v) is 6.23. The molecular formula is C21H19Cl2N3O. The number of fused-ring (bicyclic) bond motifs is 3. The summed E-state index contributed by atoms with van der Waals surface area (Å²) in [5.74, 6) is 2.12. The Bertz CT molecular complexity index is 998. The highest BCUT2D eigenvalue weighted by Crippen LogP contribution is 2.36. The van der Waals surface area contributed by atoms with Crippen LogP contribution < -0.4 is 4.90 Å². The second-order valence-corrected chi connectivity index (χ2v) is 8.27. The van der Waals surface area contributed by atoms with Gasteiger partial charge < -0.3 is 9.64 Å². The van der Waals surface area contributed by atoms with Gasteiger partial charge in [-0.25, -0.2) is 0 Å². The standard InChI is InChI=1S/C21H19Cl2N3O/c22-18-6-5-15(8-19(18)23)20-16-3-1-2-4-17(16)21(25-24-20)26-9-13-7-14(10-26)12-27-11-13/h1-6,8,13-14H,7,9-12H2. The maximum Gasteiger partial charge on any atom is 0.159 e. The molecule has 2 saturated heterocycles. The van der Waals surface area contributed by atoms with Gasteiger partial charge in [0.15, 0.2) is 5.82 Å². The molecule has 2 aliphatic heterocycles. The largest absolute Gasteiger partial charge is 0.381 e. The summed E-state index contributed by atoms with van der Waals surface area (Å²) in [5.41, 5.74) is 1.75. The monoisotopic (exact) mass is 399 g/mol. The van der Waals surface area contributed by atoms with Crippen LogP contribution in [0.4, 0.5) is 5.82 Å². The molecule has 3 aromatic rings. The second kappa shape index (κ2) is 6.93. The molecule has 2 aliphatic rings. The molecule has 4 nitrogen and oxygen atoms in total. The maximum atomic E-state index is 6.22. The predicted molar refractivity (Wildman–Crippen MR) is 110 cm³/mol. The topological polar surface area (TPSA) is 38.2 Å². The van der Waals surface area contributed by atoms with Gasteiger partial charge in [0.1, 0.15) is 5.69 Å². The Hall–Kier alpha value is -1.88. The predicted octanol–water partition coefficient (Wildman–Crippen LogP) is 5.08. The van der Waals surface area contributed by atoms with Crippen molar-refractivity contribution >= 4 is 39.8 Å². The van der Waals surface area contributed by atoms with Crippen molar-refractivity contribution in [1.82, 2.24) is 10.2 Å². The lowest BCUT2D eigenvalue weighted by Gasteiger charge is -2.41. The lowest BCUT2D eigenvalue weighted by Crippen LogP contribution is -2.47. The van der Waals surface area contributed by atoms with Gasteiger partial charge in [-0.2, -0.15) is 0 Å². The number of anilines is 1. The van der Waals surface area contributed by atoms with Gasteiger partial charge in [-0.05, 0) is 18.6 Å². The quantitative estimate of drug-likeness (QED) is 0.602. The van der Waals surface area contributed by atoms with E-state index in [1.807, 2.05) is 18.2 Å². The number of halogens is 2. The van der Waals surface area contributed by atoms with E-state index in [2.05, 4.69) is 33.3 Å². The minimum Gasteiger partial charge on any atom is -0.381 e. The molecule has 138 valence electrons. The molecule has 0 amide bonds. The minimum atomic E-state index is 0.521. The number of ether oxygens (including phenoxy) is 1. The summed E-state index contributed by atoms with van der Waals surface area (Å²) in [6.07, 6.45) is 1.25. The Balaban J connectivity index is 1.61. The van der Waals surface area contributed by atoms with Crippen LogP contribution in [0.15, 0.2) is 42.5 Å². The third-order valence-electron chi connectivity index (χ3n) is 5.49. The molecule has 1 aromatic heterocycles. The van der Waals surface area contributed by atoms with Crippen LogP contribution in [-0.4, -0.2) is 36.5 Å². The second-order valence-electron chi connectivity index (χ2n) is 7.46. The molecule has 0 aliphatic carbocycles. The zero-order valence-corrected chi connectivity index (χ0v) is 16.2. The average molecular weight is 400 g/mol. The highest BCUT2D eigenvalue weighted by Gasteiger charge is 2.32. The molecule has 0 spiro atoms. The zero-order chi connectivity index (χ0) is 18.4. The molecule has 2 atom stereocenters. The van der Waals surface area contributed by atoms with Crippen LogP contribution in [0.25, 0.3) is 22.0 Å². The Morgan fingerprint density at radius 3 is 2.37 bits per heavy atom. The van der Waals surface area contributed by atoms with Crippen molar-refractivity contribution in [3.05, 3.63) is 52.5 Å². The fourth-order valence-electron chi connectivity index (χ4n) is 4.31. The van der Waals surface area contributed by atoms with E-state index >= 15 is 0 Å². The molecule has 2 bridgehead atoms. The normalized spacial score (nSPS) is 22.2. The number of aromatic nitrogens is 2. The van der Waals surface area contributed by atoms with Crippen molar-refractivity contribution in [3.63, 3.8) is 0 Å². The molecule has 27 heavy (non-hydrogen) atoms. The van der Waals surface area contributed by atoms with E-state index < -0.39 is 0 Å². The van der Waals surface area contributed by atoms with Gasteiger partial charge in [0.05, 0.1) is 23.3 Å². The van der Waals surface area contributed by atoms with Gasteiger partial charge in [-0.1, -0.05) is 53.5 Å². The van der Waals surface area contributed by atoms with Crippen LogP contribution in [0.1, 0.15) is 6.42 Å². The number of hydrogen-bond donors (Lipinski definition) is 0. The van der Waals surface area contributed by atoms with E-state index in [1.54, 1.807) is 6.07 Å². The van der Waals surface area contributed by atoms with E-state index in [4.69, 9.17) is 27.9 Å². The number of benzene rings is 2. The van der Waals surface area contributed by atoms with Gasteiger partial charge in [-0.3, -0.25) is 0 Å². The number of rotatable bonds is 2. The fourth-order valence-corrected chi connectivity index (χ4v) is 4.61. The lowest BCUT2D eigenvalue weighted by molar-refractivity contribution is 0.00612. The fraction of sp³-hybridized carbons (Fsp3) is 0.333. The average Bonchev–Trinajstić information content (AvgIpc) is 2.69. The number of piperidine rings is 1. The first kappa shape index (κ1) is 17.2. The summed E-state index contributed by atoms with van der Waals surface area (Å²) < 4.78 is 5.72. The molecule has 5 rings (SSSR count). The van der Waals surface area contributed by atoms with Crippen LogP contribution in [-0.2, 0) is 4.74 Å². The summed E-state index contributed by atoms with van der Waals surface area (Å²) in [6, 6.07) is 13.9. The summed E-state index contributed by atoms with van der Waals surface area (Å²) in [7, 11) is 0. The van der Waals surface area contributed by atoms with Gasteiger partial charge in [0.25, 0.3) is 0 Å². The highest BCUT2D eigenvalue weighted by atomic mass is 35.5. The maximum absolute atomic E-state index is 6.22. The first-order valence-corrected chi connectivity index (χ1v) is 9.98. The smallest absolute Gasteiger partial charge is 0.159 e. The molecule has 6 heteroatoms. The van der Waals surface area contributed by atoms with Crippen molar-refractivity contribution in [2.45, 2.75) is 6.42 Å². The van der Waals surface area contributed by atoms with Crippen LogP contribution in [0.3, 0.4) is 0 Å². The van der Waals surface area contributed by atoms with Gasteiger partial charge in [0.2, 0.25) is 0 Å². The number of nitrogens with zero attached hydrogens (tertiary/aromatic N) is 3. The summed E-state index contributed by atoms with van der Waals surface area (Å²) in [6.45, 7) is 3.64. The van der Waals surface area contributed by atoms with Crippen molar-refractivity contribution in [3.8, 4) is 11.3 Å². The molecule has 2 unspecified atom stereocenters. The molecule has 2 aromatic carbocycles. The summed E-state index contributed by atoms with van der Waals surface area (Å²) >= 11 is 12.3. The number of hydrogen-bond acceptors (Lipinski definition) is 4. The SMILES string of the molecule is Clc1ccc(-c2nnc(N3CC4COCC(C4)C3)c3ccccc23)cc1Cl. The van der Waals surface area contributed by atoms with E-state index in [9.17, 15) is 0 Å². The third kappa shape index (κ3) is 3.16. The lowest BCUT2D eigenvalue weighted by atomic mass is 9.88. The van der Waals surface area contributed by atoms with Gasteiger partial charge in [0, 0.05) is 41.3 Å². The van der Waals surface area contributed by atoms with Crippen molar-refractivity contribution < 1.29 is 4.74 Å². The molecule has 0 radical (unpaired) electrons. The highest BCUT2D eigenvalue weighted by molar-refractivity contribution is 6.42. The van der Waals surface area contributed by atoms with Gasteiger partial charge in [-0.15, -0.1) is 10.2 Å². The van der Waals surface area contributed by atoms with E-state index in [0.29, 0.717) is 21.9 Å². The first-order valence-electron chi connectivity index (χ1n) is 9.22. The minimum absolute atomic E-state index is 0.521. The van der Waals surface area contributed by atoms with Crippen LogP contribution >= 0.6 is 23.2 Å². The van der Waals surface area contributed by atoms with Crippen LogP contribution in [0.2, 0.25) is 10.0 Å². The molecular weight excluding hydrogens is 381 g/mol.